The highest BCUT2D eigenvalue weighted by atomic mass is 79.9. The van der Waals surface area contributed by atoms with Crippen molar-refractivity contribution >= 4 is 39.2 Å². The second-order valence-electron chi connectivity index (χ2n) is 5.15. The maximum atomic E-state index is 12.5. The second kappa shape index (κ2) is 6.99. The van der Waals surface area contributed by atoms with Gasteiger partial charge in [-0.05, 0) is 59.8 Å². The third-order valence-electron chi connectivity index (χ3n) is 3.57. The van der Waals surface area contributed by atoms with Crippen molar-refractivity contribution in [2.75, 3.05) is 25.6 Å². The minimum atomic E-state index is -0.835. The molecule has 0 radical (unpaired) electrons. The van der Waals surface area contributed by atoms with Crippen molar-refractivity contribution in [3.63, 3.8) is 0 Å². The van der Waals surface area contributed by atoms with Crippen molar-refractivity contribution in [1.29, 1.82) is 0 Å². The molecule has 1 aromatic carbocycles. The Bertz CT molecular complexity index is 522. The summed E-state index contributed by atoms with van der Waals surface area (Å²) in [5.41, 5.74) is -0.0267. The number of methoxy groups -OCH3 is 1. The van der Waals surface area contributed by atoms with Gasteiger partial charge in [0, 0.05) is 17.3 Å². The van der Waals surface area contributed by atoms with E-state index in [9.17, 15) is 4.79 Å². The van der Waals surface area contributed by atoms with Crippen molar-refractivity contribution in [2.24, 2.45) is 5.92 Å². The van der Waals surface area contributed by atoms with E-state index in [0.29, 0.717) is 11.6 Å². The maximum absolute atomic E-state index is 12.5. The standard InChI is InChI=1S/C15H19BrClNO3/c1-3-21-14(19)15(9-20-2,10-4-5-10)18-11-6-7-13(17)12(16)8-11/h6-8,10,18H,3-5,9H2,1-2H3. The first-order chi connectivity index (χ1) is 10.0. The summed E-state index contributed by atoms with van der Waals surface area (Å²) >= 11 is 9.40. The van der Waals surface area contributed by atoms with E-state index < -0.39 is 5.54 Å². The Kier molecular flexibility index (Phi) is 5.52. The number of rotatable bonds is 7. The predicted octanol–water partition coefficient (Wildman–Crippen LogP) is 3.87. The van der Waals surface area contributed by atoms with Gasteiger partial charge in [-0.3, -0.25) is 0 Å². The first-order valence-electron chi connectivity index (χ1n) is 6.93. The van der Waals surface area contributed by atoms with Crippen molar-refractivity contribution in [1.82, 2.24) is 0 Å². The number of anilines is 1. The average Bonchev–Trinajstić information content (AvgIpc) is 3.27. The van der Waals surface area contributed by atoms with Gasteiger partial charge in [0.1, 0.15) is 0 Å². The van der Waals surface area contributed by atoms with Crippen LogP contribution in [0.4, 0.5) is 5.69 Å². The number of carbonyl (C=O) groups is 1. The van der Waals surface area contributed by atoms with E-state index >= 15 is 0 Å². The molecule has 2 rings (SSSR count). The zero-order valence-electron chi connectivity index (χ0n) is 12.1. The molecule has 6 heteroatoms. The Labute approximate surface area is 138 Å². The van der Waals surface area contributed by atoms with Crippen LogP contribution < -0.4 is 5.32 Å². The topological polar surface area (TPSA) is 47.6 Å². The molecule has 0 spiro atoms. The van der Waals surface area contributed by atoms with E-state index in [1.54, 1.807) is 20.1 Å². The number of hydrogen-bond donors (Lipinski definition) is 1. The molecule has 0 saturated heterocycles. The highest BCUT2D eigenvalue weighted by Crippen LogP contribution is 2.43. The molecule has 1 saturated carbocycles. The number of halogens is 2. The zero-order valence-corrected chi connectivity index (χ0v) is 14.5. The largest absolute Gasteiger partial charge is 0.464 e. The number of carbonyl (C=O) groups excluding carboxylic acids is 1. The molecule has 0 aliphatic heterocycles. The molecule has 1 unspecified atom stereocenters. The molecule has 0 amide bonds. The van der Waals surface area contributed by atoms with Gasteiger partial charge in [-0.2, -0.15) is 0 Å². The first kappa shape index (κ1) is 16.6. The number of nitrogens with one attached hydrogen (secondary N) is 1. The lowest BCUT2D eigenvalue weighted by atomic mass is 9.93. The summed E-state index contributed by atoms with van der Waals surface area (Å²) in [6.07, 6.45) is 1.98. The van der Waals surface area contributed by atoms with Crippen LogP contribution in [0.1, 0.15) is 19.8 Å². The Morgan fingerprint density at radius 1 is 1.52 bits per heavy atom. The number of benzene rings is 1. The Hall–Kier alpha value is -0.780. The molecule has 21 heavy (non-hydrogen) atoms. The smallest absolute Gasteiger partial charge is 0.334 e. The van der Waals surface area contributed by atoms with Crippen LogP contribution in [0.15, 0.2) is 22.7 Å². The van der Waals surface area contributed by atoms with E-state index in [4.69, 9.17) is 21.1 Å². The van der Waals surface area contributed by atoms with E-state index in [0.717, 1.165) is 23.0 Å². The Morgan fingerprint density at radius 2 is 2.24 bits per heavy atom. The fourth-order valence-electron chi connectivity index (χ4n) is 2.43. The molecule has 0 heterocycles. The lowest BCUT2D eigenvalue weighted by molar-refractivity contribution is -0.151. The fourth-order valence-corrected chi connectivity index (χ4v) is 2.92. The molecular formula is C15H19BrClNO3. The molecule has 1 aliphatic rings. The normalized spacial score (nSPS) is 17.1. The van der Waals surface area contributed by atoms with Gasteiger partial charge >= 0.3 is 5.97 Å². The molecule has 4 nitrogen and oxygen atoms in total. The highest BCUT2D eigenvalue weighted by molar-refractivity contribution is 9.10. The molecule has 0 aromatic heterocycles. The van der Waals surface area contributed by atoms with Crippen molar-refractivity contribution in [3.05, 3.63) is 27.7 Å². The van der Waals surface area contributed by atoms with E-state index in [2.05, 4.69) is 21.2 Å². The third kappa shape index (κ3) is 3.71. The molecule has 1 N–H and O–H groups in total. The minimum Gasteiger partial charge on any atom is -0.464 e. The van der Waals surface area contributed by atoms with Gasteiger partial charge in [-0.1, -0.05) is 11.6 Å². The summed E-state index contributed by atoms with van der Waals surface area (Å²) in [4.78, 5) is 12.5. The van der Waals surface area contributed by atoms with Crippen LogP contribution in [0.3, 0.4) is 0 Å². The lowest BCUT2D eigenvalue weighted by Gasteiger charge is -2.33. The van der Waals surface area contributed by atoms with Crippen LogP contribution in [0, 0.1) is 5.92 Å². The van der Waals surface area contributed by atoms with Crippen LogP contribution in [0.5, 0.6) is 0 Å². The maximum Gasteiger partial charge on any atom is 0.334 e. The summed E-state index contributed by atoms with van der Waals surface area (Å²) in [6.45, 7) is 2.43. The molecule has 0 bridgehead atoms. The van der Waals surface area contributed by atoms with Crippen molar-refractivity contribution in [3.8, 4) is 0 Å². The summed E-state index contributed by atoms with van der Waals surface area (Å²) in [5.74, 6) is -0.0358. The number of hydrogen-bond acceptors (Lipinski definition) is 4. The molecule has 1 atom stereocenters. The summed E-state index contributed by atoms with van der Waals surface area (Å²) < 4.78 is 11.3. The van der Waals surface area contributed by atoms with Gasteiger partial charge in [0.05, 0.1) is 18.2 Å². The van der Waals surface area contributed by atoms with Gasteiger partial charge in [0.25, 0.3) is 0 Å². The third-order valence-corrected chi connectivity index (χ3v) is 4.79. The quantitative estimate of drug-likeness (QED) is 0.734. The summed E-state index contributed by atoms with van der Waals surface area (Å²) in [6, 6.07) is 5.48. The SMILES string of the molecule is CCOC(=O)C(COC)(Nc1ccc(Cl)c(Br)c1)C1CC1. The van der Waals surface area contributed by atoms with Gasteiger partial charge in [0.15, 0.2) is 5.54 Å². The van der Waals surface area contributed by atoms with Crippen LogP contribution in [-0.2, 0) is 14.3 Å². The molecule has 1 aromatic rings. The molecule has 116 valence electrons. The van der Waals surface area contributed by atoms with Gasteiger partial charge in [-0.25, -0.2) is 4.79 Å². The van der Waals surface area contributed by atoms with Crippen molar-refractivity contribution in [2.45, 2.75) is 25.3 Å². The van der Waals surface area contributed by atoms with E-state index in [1.165, 1.54) is 0 Å². The van der Waals surface area contributed by atoms with Crippen LogP contribution in [-0.4, -0.2) is 31.8 Å². The predicted molar refractivity (Wildman–Crippen MR) is 86.7 cm³/mol. The monoisotopic (exact) mass is 375 g/mol. The summed E-state index contributed by atoms with van der Waals surface area (Å²) in [7, 11) is 1.59. The van der Waals surface area contributed by atoms with Crippen LogP contribution >= 0.6 is 27.5 Å². The minimum absolute atomic E-state index is 0.228. The Balaban J connectivity index is 2.29. The fraction of sp³-hybridized carbons (Fsp3) is 0.533. The van der Waals surface area contributed by atoms with Gasteiger partial charge in [0.2, 0.25) is 0 Å². The Morgan fingerprint density at radius 3 is 2.76 bits per heavy atom. The molecular weight excluding hydrogens is 358 g/mol. The van der Waals surface area contributed by atoms with E-state index in [1.807, 2.05) is 12.1 Å². The van der Waals surface area contributed by atoms with Crippen LogP contribution in [0.25, 0.3) is 0 Å². The molecule has 1 aliphatic carbocycles. The average molecular weight is 377 g/mol. The van der Waals surface area contributed by atoms with Gasteiger partial charge < -0.3 is 14.8 Å². The zero-order chi connectivity index (χ0) is 15.5. The number of ether oxygens (including phenoxy) is 2. The second-order valence-corrected chi connectivity index (χ2v) is 6.41. The molecule has 1 fully saturated rings. The highest BCUT2D eigenvalue weighted by Gasteiger charge is 2.52. The van der Waals surface area contributed by atoms with Gasteiger partial charge in [-0.15, -0.1) is 0 Å². The van der Waals surface area contributed by atoms with Crippen molar-refractivity contribution < 1.29 is 14.3 Å². The number of esters is 1. The lowest BCUT2D eigenvalue weighted by Crippen LogP contribution is -2.53. The summed E-state index contributed by atoms with van der Waals surface area (Å²) in [5, 5.41) is 3.95. The van der Waals surface area contributed by atoms with Crippen LogP contribution in [0.2, 0.25) is 5.02 Å². The first-order valence-corrected chi connectivity index (χ1v) is 8.10. The van der Waals surface area contributed by atoms with E-state index in [-0.39, 0.29) is 18.5 Å².